The lowest BCUT2D eigenvalue weighted by Crippen LogP contribution is -2.53. The van der Waals surface area contributed by atoms with Crippen LogP contribution in [0.15, 0.2) is 0 Å². The molecule has 0 aromatic carbocycles. The van der Waals surface area contributed by atoms with Gasteiger partial charge in [-0.3, -0.25) is 4.98 Å². The fourth-order valence-corrected chi connectivity index (χ4v) is 2.41. The summed E-state index contributed by atoms with van der Waals surface area (Å²) in [4.78, 5) is 28.7. The zero-order chi connectivity index (χ0) is 9.73. The molecule has 78 valence electrons. The first-order valence-corrected chi connectivity index (χ1v) is 6.84. The third-order valence-electron chi connectivity index (χ3n) is 2.60. The molecule has 0 heterocycles. The second-order valence-corrected chi connectivity index (χ2v) is 5.50. The molecule has 0 unspecified atom stereocenters. The Morgan fingerprint density at radius 1 is 1.00 bits per heavy atom. The summed E-state index contributed by atoms with van der Waals surface area (Å²) in [6.07, 6.45) is 7.30. The highest BCUT2D eigenvalue weighted by atomic mass is 28.4. The van der Waals surface area contributed by atoms with Crippen molar-refractivity contribution < 1.29 is 14.4 Å². The SMILES string of the molecule is O[Si](O)(O)NCC1CCCCCC1. The predicted molar refractivity (Wildman–Crippen MR) is 51.6 cm³/mol. The van der Waals surface area contributed by atoms with Gasteiger partial charge in [0.05, 0.1) is 0 Å². The van der Waals surface area contributed by atoms with Crippen LogP contribution in [-0.2, 0) is 0 Å². The zero-order valence-corrected chi connectivity index (χ0v) is 8.87. The van der Waals surface area contributed by atoms with E-state index in [0.29, 0.717) is 12.5 Å². The van der Waals surface area contributed by atoms with Gasteiger partial charge in [-0.2, -0.15) is 0 Å². The number of nitrogens with one attached hydrogen (secondary N) is 1. The van der Waals surface area contributed by atoms with Gasteiger partial charge in [-0.1, -0.05) is 25.7 Å². The van der Waals surface area contributed by atoms with Crippen molar-refractivity contribution in [3.8, 4) is 0 Å². The van der Waals surface area contributed by atoms with Gasteiger partial charge in [-0.15, -0.1) is 0 Å². The van der Waals surface area contributed by atoms with Crippen molar-refractivity contribution in [3.05, 3.63) is 0 Å². The van der Waals surface area contributed by atoms with E-state index in [1.54, 1.807) is 0 Å². The van der Waals surface area contributed by atoms with Crippen LogP contribution in [0.2, 0.25) is 0 Å². The van der Waals surface area contributed by atoms with Crippen LogP contribution in [0, 0.1) is 5.92 Å². The molecule has 5 heteroatoms. The summed E-state index contributed by atoms with van der Waals surface area (Å²) in [7, 11) is -4.01. The van der Waals surface area contributed by atoms with E-state index in [0.717, 1.165) is 12.8 Å². The van der Waals surface area contributed by atoms with Gasteiger partial charge in [-0.25, -0.2) is 0 Å². The topological polar surface area (TPSA) is 72.7 Å². The van der Waals surface area contributed by atoms with E-state index >= 15 is 0 Å². The van der Waals surface area contributed by atoms with Crippen molar-refractivity contribution in [2.75, 3.05) is 6.54 Å². The van der Waals surface area contributed by atoms with E-state index < -0.39 is 8.97 Å². The summed E-state index contributed by atoms with van der Waals surface area (Å²) in [5.41, 5.74) is 0. The lowest BCUT2D eigenvalue weighted by Gasteiger charge is -2.17. The summed E-state index contributed by atoms with van der Waals surface area (Å²) in [5, 5.41) is 0. The Bertz CT molecular complexity index is 141. The first kappa shape index (κ1) is 11.1. The van der Waals surface area contributed by atoms with Crippen LogP contribution in [0.1, 0.15) is 38.5 Å². The molecular formula is C8H19NO3Si. The molecule has 0 atom stereocenters. The fourth-order valence-electron chi connectivity index (χ4n) is 1.85. The molecule has 1 rings (SSSR count). The molecule has 0 saturated heterocycles. The Morgan fingerprint density at radius 2 is 1.54 bits per heavy atom. The van der Waals surface area contributed by atoms with Gasteiger partial charge < -0.3 is 14.4 Å². The summed E-state index contributed by atoms with van der Waals surface area (Å²) < 4.78 is 0. The predicted octanol–water partition coefficient (Wildman–Crippen LogP) is -0.0411. The highest BCUT2D eigenvalue weighted by molar-refractivity contribution is 6.53. The van der Waals surface area contributed by atoms with E-state index in [1.165, 1.54) is 25.7 Å². The molecule has 13 heavy (non-hydrogen) atoms. The molecule has 0 aromatic rings. The Morgan fingerprint density at radius 3 is 2.00 bits per heavy atom. The van der Waals surface area contributed by atoms with Gasteiger partial charge in [0.15, 0.2) is 0 Å². The third kappa shape index (κ3) is 5.38. The minimum atomic E-state index is -4.01. The van der Waals surface area contributed by atoms with Crippen LogP contribution >= 0.6 is 0 Å². The maximum atomic E-state index is 8.76. The molecule has 0 aliphatic heterocycles. The van der Waals surface area contributed by atoms with Crippen molar-refractivity contribution >= 4 is 8.97 Å². The molecule has 1 saturated carbocycles. The van der Waals surface area contributed by atoms with Crippen molar-refractivity contribution in [2.24, 2.45) is 5.92 Å². The molecule has 1 aliphatic rings. The molecule has 1 fully saturated rings. The molecule has 0 aromatic heterocycles. The van der Waals surface area contributed by atoms with Crippen molar-refractivity contribution in [3.63, 3.8) is 0 Å². The smallest absolute Gasteiger partial charge is 0.377 e. The largest absolute Gasteiger partial charge is 0.588 e. The van der Waals surface area contributed by atoms with Gasteiger partial charge in [0, 0.05) is 0 Å². The normalized spacial score (nSPS) is 21.5. The van der Waals surface area contributed by atoms with E-state index in [1.807, 2.05) is 0 Å². The van der Waals surface area contributed by atoms with E-state index in [2.05, 4.69) is 4.98 Å². The number of hydrogen-bond donors (Lipinski definition) is 4. The molecule has 4 N–H and O–H groups in total. The lowest BCUT2D eigenvalue weighted by molar-refractivity contribution is 0.204. The average molecular weight is 205 g/mol. The average Bonchev–Trinajstić information content (AvgIpc) is 2.26. The summed E-state index contributed by atoms with van der Waals surface area (Å²) in [6.45, 7) is 0.537. The Balaban J connectivity index is 2.19. The summed E-state index contributed by atoms with van der Waals surface area (Å²) >= 11 is 0. The highest BCUT2D eigenvalue weighted by Crippen LogP contribution is 2.22. The zero-order valence-electron chi connectivity index (χ0n) is 7.87. The molecule has 4 nitrogen and oxygen atoms in total. The van der Waals surface area contributed by atoms with Crippen LogP contribution in [0.3, 0.4) is 0 Å². The van der Waals surface area contributed by atoms with Crippen molar-refractivity contribution in [1.82, 2.24) is 4.98 Å². The van der Waals surface area contributed by atoms with E-state index in [9.17, 15) is 0 Å². The quantitative estimate of drug-likeness (QED) is 0.385. The highest BCUT2D eigenvalue weighted by Gasteiger charge is 2.28. The first-order valence-electron chi connectivity index (χ1n) is 5.00. The first-order chi connectivity index (χ1) is 6.08. The van der Waals surface area contributed by atoms with Gasteiger partial charge in [0.1, 0.15) is 0 Å². The Hall–Kier alpha value is 0.0569. The maximum Gasteiger partial charge on any atom is 0.588 e. The standard InChI is InChI=1S/C8H19NO3Si/c10-13(11,12)9-7-8-5-3-1-2-4-6-8/h8-12H,1-7H2. The minimum Gasteiger partial charge on any atom is -0.377 e. The van der Waals surface area contributed by atoms with E-state index in [-0.39, 0.29) is 0 Å². The maximum absolute atomic E-state index is 8.76. The molecule has 1 aliphatic carbocycles. The van der Waals surface area contributed by atoms with Crippen LogP contribution in [0.5, 0.6) is 0 Å². The van der Waals surface area contributed by atoms with E-state index in [4.69, 9.17) is 14.4 Å². The van der Waals surface area contributed by atoms with Gasteiger partial charge in [-0.05, 0) is 25.3 Å². The molecule has 0 spiro atoms. The van der Waals surface area contributed by atoms with Crippen molar-refractivity contribution in [1.29, 1.82) is 0 Å². The van der Waals surface area contributed by atoms with Crippen molar-refractivity contribution in [2.45, 2.75) is 38.5 Å². The molecular weight excluding hydrogens is 186 g/mol. The monoisotopic (exact) mass is 205 g/mol. The van der Waals surface area contributed by atoms with Crippen LogP contribution in [-0.4, -0.2) is 29.9 Å². The van der Waals surface area contributed by atoms with Crippen LogP contribution < -0.4 is 4.98 Å². The molecule has 0 bridgehead atoms. The number of hydrogen-bond acceptors (Lipinski definition) is 4. The van der Waals surface area contributed by atoms with Gasteiger partial charge in [0.2, 0.25) is 0 Å². The second-order valence-electron chi connectivity index (χ2n) is 3.87. The minimum absolute atomic E-state index is 0.501. The lowest BCUT2D eigenvalue weighted by atomic mass is 10.0. The van der Waals surface area contributed by atoms with Crippen LogP contribution in [0.4, 0.5) is 0 Å². The third-order valence-corrected chi connectivity index (χ3v) is 3.28. The molecule has 0 radical (unpaired) electrons. The summed E-state index contributed by atoms with van der Waals surface area (Å²) in [5.74, 6) is 0.501. The Kier molecular flexibility index (Phi) is 4.34. The van der Waals surface area contributed by atoms with Crippen LogP contribution in [0.25, 0.3) is 0 Å². The second kappa shape index (κ2) is 5.07. The Labute approximate surface area is 80.1 Å². The fraction of sp³-hybridized carbons (Fsp3) is 1.00. The molecule has 0 amide bonds. The number of rotatable bonds is 3. The van der Waals surface area contributed by atoms with Gasteiger partial charge in [0.25, 0.3) is 0 Å². The summed E-state index contributed by atoms with van der Waals surface area (Å²) in [6, 6.07) is 0. The van der Waals surface area contributed by atoms with Gasteiger partial charge >= 0.3 is 8.97 Å².